The first-order valence-electron chi connectivity index (χ1n) is 3.28. The summed E-state index contributed by atoms with van der Waals surface area (Å²) in [6.07, 6.45) is 0.173. The number of rotatable bonds is 4. The van der Waals surface area contributed by atoms with Crippen LogP contribution < -0.4 is 11.1 Å². The van der Waals surface area contributed by atoms with Crippen molar-refractivity contribution in [3.05, 3.63) is 0 Å². The summed E-state index contributed by atoms with van der Waals surface area (Å²) >= 11 is 3.89. The van der Waals surface area contributed by atoms with Gasteiger partial charge in [0.2, 0.25) is 11.8 Å². The summed E-state index contributed by atoms with van der Waals surface area (Å²) in [5, 5.41) is 2.15. The lowest BCUT2D eigenvalue weighted by Crippen LogP contribution is -2.32. The Bertz CT molecular complexity index is 159. The first kappa shape index (κ1) is 10.3. The lowest BCUT2D eigenvalue weighted by Gasteiger charge is -2.04. The van der Waals surface area contributed by atoms with E-state index in [2.05, 4.69) is 17.9 Å². The van der Waals surface area contributed by atoms with Crippen LogP contribution in [-0.2, 0) is 9.59 Å². The van der Waals surface area contributed by atoms with Crippen molar-refractivity contribution < 1.29 is 9.59 Å². The van der Waals surface area contributed by atoms with Gasteiger partial charge in [0.1, 0.15) is 0 Å². The first-order chi connectivity index (χ1) is 5.04. The normalized spacial score (nSPS) is 12.2. The third-order valence-electron chi connectivity index (χ3n) is 1.05. The van der Waals surface area contributed by atoms with Crippen molar-refractivity contribution >= 4 is 24.4 Å². The lowest BCUT2D eigenvalue weighted by molar-refractivity contribution is -0.120. The highest BCUT2D eigenvalue weighted by Gasteiger charge is 2.06. The average molecular weight is 176 g/mol. The molecule has 0 bridgehead atoms. The molecule has 64 valence electrons. The van der Waals surface area contributed by atoms with Gasteiger partial charge in [0.05, 0.1) is 5.25 Å². The van der Waals surface area contributed by atoms with Crippen molar-refractivity contribution in [1.82, 2.24) is 5.32 Å². The second-order valence-corrected chi connectivity index (χ2v) is 2.96. The Morgan fingerprint density at radius 3 is 2.55 bits per heavy atom. The van der Waals surface area contributed by atoms with Gasteiger partial charge in [0.15, 0.2) is 0 Å². The first-order valence-corrected chi connectivity index (χ1v) is 3.79. The molecule has 0 aliphatic carbocycles. The Kier molecular flexibility index (Phi) is 4.69. The predicted molar refractivity (Wildman–Crippen MR) is 45.3 cm³/mol. The number of primary amides is 1. The maximum atomic E-state index is 10.8. The second-order valence-electron chi connectivity index (χ2n) is 2.18. The Hall–Kier alpha value is -0.710. The molecule has 0 aliphatic rings. The summed E-state index contributed by atoms with van der Waals surface area (Å²) in [4.78, 5) is 21.0. The Morgan fingerprint density at radius 1 is 1.64 bits per heavy atom. The van der Waals surface area contributed by atoms with E-state index in [0.29, 0.717) is 6.54 Å². The highest BCUT2D eigenvalue weighted by Crippen LogP contribution is 1.90. The van der Waals surface area contributed by atoms with Crippen LogP contribution in [0.3, 0.4) is 0 Å². The van der Waals surface area contributed by atoms with Crippen molar-refractivity contribution in [2.75, 3.05) is 6.54 Å². The third-order valence-corrected chi connectivity index (χ3v) is 1.28. The number of nitrogens with one attached hydrogen (secondary N) is 1. The maximum absolute atomic E-state index is 10.8. The van der Waals surface area contributed by atoms with E-state index in [4.69, 9.17) is 5.73 Å². The minimum atomic E-state index is -0.419. The van der Waals surface area contributed by atoms with Crippen molar-refractivity contribution in [3.63, 3.8) is 0 Å². The number of carbonyl (C=O) groups is 2. The fourth-order valence-corrected chi connectivity index (χ4v) is 0.548. The van der Waals surface area contributed by atoms with Crippen LogP contribution in [0.25, 0.3) is 0 Å². The van der Waals surface area contributed by atoms with Gasteiger partial charge >= 0.3 is 0 Å². The van der Waals surface area contributed by atoms with Gasteiger partial charge in [0, 0.05) is 13.0 Å². The van der Waals surface area contributed by atoms with Crippen LogP contribution in [0.1, 0.15) is 13.3 Å². The molecule has 0 saturated heterocycles. The summed E-state index contributed by atoms with van der Waals surface area (Å²) in [6.45, 7) is 1.95. The second kappa shape index (κ2) is 5.01. The standard InChI is InChI=1S/C6H12N2O2S/c1-4(11)6(10)8-3-2-5(7)9/h4,11H,2-3H2,1H3,(H2,7,9)(H,8,10). The van der Waals surface area contributed by atoms with Gasteiger partial charge in [-0.05, 0) is 6.92 Å². The van der Waals surface area contributed by atoms with Crippen molar-refractivity contribution in [2.24, 2.45) is 5.73 Å². The van der Waals surface area contributed by atoms with Crippen molar-refractivity contribution in [1.29, 1.82) is 0 Å². The number of carbonyl (C=O) groups excluding carboxylic acids is 2. The molecule has 0 rings (SSSR count). The van der Waals surface area contributed by atoms with E-state index in [0.717, 1.165) is 0 Å². The molecule has 11 heavy (non-hydrogen) atoms. The van der Waals surface area contributed by atoms with Gasteiger partial charge in [-0.25, -0.2) is 0 Å². The topological polar surface area (TPSA) is 72.2 Å². The van der Waals surface area contributed by atoms with Gasteiger partial charge in [-0.3, -0.25) is 9.59 Å². The van der Waals surface area contributed by atoms with Crippen LogP contribution in [0.15, 0.2) is 0 Å². The number of thiol groups is 1. The SMILES string of the molecule is CC(S)C(=O)NCCC(N)=O. The summed E-state index contributed by atoms with van der Waals surface area (Å²) in [6, 6.07) is 0. The van der Waals surface area contributed by atoms with Crippen LogP contribution in [-0.4, -0.2) is 23.6 Å². The molecule has 3 N–H and O–H groups in total. The maximum Gasteiger partial charge on any atom is 0.232 e. The molecule has 0 heterocycles. The number of hydrogen-bond donors (Lipinski definition) is 3. The van der Waals surface area contributed by atoms with Gasteiger partial charge in [0.25, 0.3) is 0 Å². The van der Waals surface area contributed by atoms with E-state index in [1.807, 2.05) is 0 Å². The monoisotopic (exact) mass is 176 g/mol. The molecular weight excluding hydrogens is 164 g/mol. The number of hydrogen-bond acceptors (Lipinski definition) is 3. The summed E-state index contributed by atoms with van der Waals surface area (Å²) in [5.74, 6) is -0.605. The quantitative estimate of drug-likeness (QED) is 0.495. The number of nitrogens with two attached hydrogens (primary N) is 1. The van der Waals surface area contributed by atoms with Gasteiger partial charge in [-0.1, -0.05) is 0 Å². The molecule has 5 heteroatoms. The Labute approximate surface area is 70.9 Å². The van der Waals surface area contributed by atoms with Crippen LogP contribution >= 0.6 is 12.6 Å². The van der Waals surface area contributed by atoms with E-state index in [1.165, 1.54) is 0 Å². The average Bonchev–Trinajstić information content (AvgIpc) is 1.86. The van der Waals surface area contributed by atoms with Gasteiger partial charge < -0.3 is 11.1 Å². The zero-order valence-electron chi connectivity index (χ0n) is 6.33. The van der Waals surface area contributed by atoms with Crippen molar-refractivity contribution in [3.8, 4) is 0 Å². The molecule has 0 saturated carbocycles. The van der Waals surface area contributed by atoms with E-state index in [9.17, 15) is 9.59 Å². The largest absolute Gasteiger partial charge is 0.370 e. The molecule has 0 fully saturated rings. The van der Waals surface area contributed by atoms with Crippen LogP contribution in [0, 0.1) is 0 Å². The van der Waals surface area contributed by atoms with E-state index >= 15 is 0 Å². The molecule has 0 aromatic carbocycles. The molecule has 2 amide bonds. The molecular formula is C6H12N2O2S. The van der Waals surface area contributed by atoms with Crippen LogP contribution in [0.4, 0.5) is 0 Å². The van der Waals surface area contributed by atoms with Crippen LogP contribution in [0.5, 0.6) is 0 Å². The molecule has 1 atom stereocenters. The molecule has 1 unspecified atom stereocenters. The van der Waals surface area contributed by atoms with Gasteiger partial charge in [-0.2, -0.15) is 12.6 Å². The number of amides is 2. The lowest BCUT2D eigenvalue weighted by atomic mass is 10.4. The zero-order valence-corrected chi connectivity index (χ0v) is 7.23. The van der Waals surface area contributed by atoms with E-state index in [-0.39, 0.29) is 17.6 Å². The minimum Gasteiger partial charge on any atom is -0.370 e. The third kappa shape index (κ3) is 5.72. The van der Waals surface area contributed by atoms with E-state index in [1.54, 1.807) is 6.92 Å². The summed E-state index contributed by atoms with van der Waals surface area (Å²) in [7, 11) is 0. The molecule has 4 nitrogen and oxygen atoms in total. The fourth-order valence-electron chi connectivity index (χ4n) is 0.457. The van der Waals surface area contributed by atoms with Gasteiger partial charge in [-0.15, -0.1) is 0 Å². The Balaban J connectivity index is 3.39. The minimum absolute atomic E-state index is 0.173. The van der Waals surface area contributed by atoms with E-state index < -0.39 is 5.91 Å². The summed E-state index contributed by atoms with van der Waals surface area (Å²) < 4.78 is 0. The molecule has 0 radical (unpaired) electrons. The Morgan fingerprint density at radius 2 is 2.18 bits per heavy atom. The molecule has 0 aliphatic heterocycles. The zero-order chi connectivity index (χ0) is 8.85. The smallest absolute Gasteiger partial charge is 0.232 e. The molecule has 0 spiro atoms. The van der Waals surface area contributed by atoms with Crippen molar-refractivity contribution in [2.45, 2.75) is 18.6 Å². The molecule has 0 aromatic heterocycles. The summed E-state index contributed by atoms with van der Waals surface area (Å²) in [5.41, 5.74) is 4.85. The highest BCUT2D eigenvalue weighted by molar-refractivity contribution is 7.81. The predicted octanol–water partition coefficient (Wildman–Crippen LogP) is -0.704. The highest BCUT2D eigenvalue weighted by atomic mass is 32.1. The molecule has 0 aromatic rings. The van der Waals surface area contributed by atoms with Crippen LogP contribution in [0.2, 0.25) is 0 Å². The fraction of sp³-hybridized carbons (Fsp3) is 0.667.